The number of likely N-dealkylation sites (N-methyl/N-ethyl adjacent to an activating group) is 1. The molecule has 9 nitrogen and oxygen atoms in total. The predicted molar refractivity (Wildman–Crippen MR) is 118 cm³/mol. The fraction of sp³-hybridized carbons (Fsp3) is 0.364. The van der Waals surface area contributed by atoms with Crippen molar-refractivity contribution < 1.29 is 18.0 Å². The number of fused-ring (bicyclic) bond motifs is 1. The van der Waals surface area contributed by atoms with Crippen LogP contribution >= 0.6 is 0 Å². The van der Waals surface area contributed by atoms with Gasteiger partial charge in [0.1, 0.15) is 5.82 Å². The Kier molecular flexibility index (Phi) is 6.07. The predicted octanol–water partition coefficient (Wildman–Crippen LogP) is 1.96. The minimum Gasteiger partial charge on any atom is -0.342 e. The van der Waals surface area contributed by atoms with Gasteiger partial charge in [-0.2, -0.15) is 4.31 Å². The molecule has 3 heterocycles. The molecule has 10 heteroatoms. The quantitative estimate of drug-likeness (QED) is 0.526. The molecule has 2 aromatic heterocycles. The van der Waals surface area contributed by atoms with E-state index in [4.69, 9.17) is 0 Å². The number of sulfonamides is 1. The summed E-state index contributed by atoms with van der Waals surface area (Å²) in [5, 5.41) is 8.52. The summed E-state index contributed by atoms with van der Waals surface area (Å²) < 4.78 is 28.7. The van der Waals surface area contributed by atoms with Crippen LogP contribution in [0.2, 0.25) is 0 Å². The molecule has 4 rings (SSSR count). The normalized spacial score (nSPS) is 15.4. The van der Waals surface area contributed by atoms with E-state index in [0.717, 1.165) is 28.6 Å². The highest BCUT2D eigenvalue weighted by molar-refractivity contribution is 7.89. The van der Waals surface area contributed by atoms with E-state index in [1.54, 1.807) is 4.90 Å². The van der Waals surface area contributed by atoms with E-state index in [1.165, 1.54) is 38.2 Å². The highest BCUT2D eigenvalue weighted by Crippen LogP contribution is 2.27. The summed E-state index contributed by atoms with van der Waals surface area (Å²) in [6, 6.07) is 11.5. The van der Waals surface area contributed by atoms with Crippen molar-refractivity contribution in [3.05, 3.63) is 60.0 Å². The molecule has 168 valence electrons. The Morgan fingerprint density at radius 3 is 2.41 bits per heavy atom. The molecule has 32 heavy (non-hydrogen) atoms. The van der Waals surface area contributed by atoms with Crippen LogP contribution < -0.4 is 0 Å². The molecule has 0 N–H and O–H groups in total. The number of amides is 1. The summed E-state index contributed by atoms with van der Waals surface area (Å²) in [6.45, 7) is 2.25. The van der Waals surface area contributed by atoms with E-state index in [-0.39, 0.29) is 29.0 Å². The first kappa shape index (κ1) is 22.1. The molecule has 1 aliphatic heterocycles. The monoisotopic (exact) mass is 455 g/mol. The number of piperidine rings is 1. The summed E-state index contributed by atoms with van der Waals surface area (Å²) in [4.78, 5) is 25.9. The first-order chi connectivity index (χ1) is 15.3. The number of carbonyl (C=O) groups is 2. The minimum absolute atomic E-state index is 0.0511. The van der Waals surface area contributed by atoms with Gasteiger partial charge in [-0.25, -0.2) is 8.42 Å². The average Bonchev–Trinajstić information content (AvgIpc) is 3.23. The number of rotatable bonds is 6. The zero-order chi connectivity index (χ0) is 22.9. The van der Waals surface area contributed by atoms with Crippen molar-refractivity contribution in [2.75, 3.05) is 26.7 Å². The zero-order valence-corrected chi connectivity index (χ0v) is 18.8. The first-order valence-electron chi connectivity index (χ1n) is 10.4. The van der Waals surface area contributed by atoms with Crippen molar-refractivity contribution in [3.8, 4) is 0 Å². The SMILES string of the molecule is CC(=O)c1ccc(S(=O)(=O)N(C)CC(=O)N2CCC(c3nnc4ccccn34)CC2)cc1. The van der Waals surface area contributed by atoms with Gasteiger partial charge in [0.25, 0.3) is 0 Å². The van der Waals surface area contributed by atoms with Gasteiger partial charge in [-0.1, -0.05) is 18.2 Å². The second-order valence-electron chi connectivity index (χ2n) is 7.98. The number of nitrogens with zero attached hydrogens (tertiary/aromatic N) is 5. The molecular weight excluding hydrogens is 430 g/mol. The van der Waals surface area contributed by atoms with E-state index < -0.39 is 10.0 Å². The van der Waals surface area contributed by atoms with Crippen LogP contribution in [-0.2, 0) is 14.8 Å². The Hall–Kier alpha value is -3.11. The van der Waals surface area contributed by atoms with Gasteiger partial charge in [-0.15, -0.1) is 10.2 Å². The minimum atomic E-state index is -3.83. The number of hydrogen-bond acceptors (Lipinski definition) is 6. The average molecular weight is 456 g/mol. The number of pyridine rings is 1. The van der Waals surface area contributed by atoms with Gasteiger partial charge >= 0.3 is 0 Å². The van der Waals surface area contributed by atoms with E-state index in [1.807, 2.05) is 28.8 Å². The van der Waals surface area contributed by atoms with Crippen molar-refractivity contribution >= 4 is 27.4 Å². The van der Waals surface area contributed by atoms with Gasteiger partial charge in [0.15, 0.2) is 11.4 Å². The van der Waals surface area contributed by atoms with Crippen LogP contribution in [0.15, 0.2) is 53.6 Å². The smallest absolute Gasteiger partial charge is 0.243 e. The molecule has 0 saturated carbocycles. The number of hydrogen-bond donors (Lipinski definition) is 0. The molecule has 0 atom stereocenters. The summed E-state index contributed by atoms with van der Waals surface area (Å²) in [5.74, 6) is 0.708. The van der Waals surface area contributed by atoms with Gasteiger partial charge in [-0.05, 0) is 44.0 Å². The van der Waals surface area contributed by atoms with Crippen LogP contribution in [0.5, 0.6) is 0 Å². The lowest BCUT2D eigenvalue weighted by Gasteiger charge is -2.32. The second-order valence-corrected chi connectivity index (χ2v) is 10.0. The third-order valence-electron chi connectivity index (χ3n) is 5.88. The van der Waals surface area contributed by atoms with Gasteiger partial charge in [0, 0.05) is 37.8 Å². The molecule has 1 amide bonds. The highest BCUT2D eigenvalue weighted by Gasteiger charge is 2.29. The summed E-state index contributed by atoms with van der Waals surface area (Å²) in [6.07, 6.45) is 3.42. The van der Waals surface area contributed by atoms with Crippen LogP contribution in [0.25, 0.3) is 5.65 Å². The lowest BCUT2D eigenvalue weighted by molar-refractivity contribution is -0.132. The van der Waals surface area contributed by atoms with Crippen LogP contribution in [0, 0.1) is 0 Å². The molecule has 0 bridgehead atoms. The molecule has 1 aliphatic rings. The maximum atomic E-state index is 12.8. The van der Waals surface area contributed by atoms with E-state index in [0.29, 0.717) is 18.7 Å². The standard InChI is InChI=1S/C22H25N5O4S/c1-16(28)17-6-8-19(9-7-17)32(30,31)25(2)15-21(29)26-13-10-18(11-14-26)22-24-23-20-5-3-4-12-27(20)22/h3-9,12,18H,10-11,13-15H2,1-2H3. The molecule has 1 aromatic carbocycles. The van der Waals surface area contributed by atoms with Crippen LogP contribution in [-0.4, -0.2) is 70.6 Å². The van der Waals surface area contributed by atoms with Gasteiger partial charge in [-0.3, -0.25) is 14.0 Å². The Labute approximate surface area is 186 Å². The van der Waals surface area contributed by atoms with E-state index in [2.05, 4.69) is 10.2 Å². The highest BCUT2D eigenvalue weighted by atomic mass is 32.2. The fourth-order valence-corrected chi connectivity index (χ4v) is 5.06. The summed E-state index contributed by atoms with van der Waals surface area (Å²) in [5.41, 5.74) is 1.23. The summed E-state index contributed by atoms with van der Waals surface area (Å²) in [7, 11) is -2.44. The van der Waals surface area contributed by atoms with Crippen molar-refractivity contribution in [2.45, 2.75) is 30.6 Å². The zero-order valence-electron chi connectivity index (χ0n) is 18.0. The van der Waals surface area contributed by atoms with Gasteiger partial charge in [0.05, 0.1) is 11.4 Å². The molecular formula is C22H25N5O4S. The topological polar surface area (TPSA) is 105 Å². The number of carbonyl (C=O) groups excluding carboxylic acids is 2. The lowest BCUT2D eigenvalue weighted by Crippen LogP contribution is -2.44. The Bertz CT molecular complexity index is 1240. The van der Waals surface area contributed by atoms with Crippen LogP contribution in [0.3, 0.4) is 0 Å². The second kappa shape index (κ2) is 8.79. The third kappa shape index (κ3) is 4.28. The van der Waals surface area contributed by atoms with E-state index in [9.17, 15) is 18.0 Å². The molecule has 1 fully saturated rings. The van der Waals surface area contributed by atoms with Crippen molar-refractivity contribution in [2.24, 2.45) is 0 Å². The number of aromatic nitrogens is 3. The molecule has 0 unspecified atom stereocenters. The van der Waals surface area contributed by atoms with Gasteiger partial charge in [0.2, 0.25) is 15.9 Å². The number of likely N-dealkylation sites (tertiary alicyclic amines) is 1. The number of Topliss-reactive ketones (excluding diaryl/α,β-unsaturated/α-hetero) is 1. The van der Waals surface area contributed by atoms with Crippen molar-refractivity contribution in [1.82, 2.24) is 23.8 Å². The molecule has 0 spiro atoms. The molecule has 0 radical (unpaired) electrons. The van der Waals surface area contributed by atoms with Crippen molar-refractivity contribution in [3.63, 3.8) is 0 Å². The third-order valence-corrected chi connectivity index (χ3v) is 7.70. The maximum Gasteiger partial charge on any atom is 0.243 e. The first-order valence-corrected chi connectivity index (χ1v) is 11.9. The number of benzene rings is 1. The van der Waals surface area contributed by atoms with E-state index >= 15 is 0 Å². The largest absolute Gasteiger partial charge is 0.342 e. The number of ketones is 1. The Morgan fingerprint density at radius 2 is 1.75 bits per heavy atom. The molecule has 0 aliphatic carbocycles. The summed E-state index contributed by atoms with van der Waals surface area (Å²) >= 11 is 0. The van der Waals surface area contributed by atoms with Crippen LogP contribution in [0.1, 0.15) is 41.9 Å². The fourth-order valence-electron chi connectivity index (χ4n) is 3.94. The molecule has 1 saturated heterocycles. The lowest BCUT2D eigenvalue weighted by atomic mass is 9.96. The maximum absolute atomic E-state index is 12.8. The van der Waals surface area contributed by atoms with Crippen molar-refractivity contribution in [1.29, 1.82) is 0 Å². The Morgan fingerprint density at radius 1 is 1.06 bits per heavy atom. The molecule has 3 aromatic rings. The van der Waals surface area contributed by atoms with Gasteiger partial charge < -0.3 is 4.90 Å². The Balaban J connectivity index is 1.37. The van der Waals surface area contributed by atoms with Crippen LogP contribution in [0.4, 0.5) is 0 Å².